The number of nitrogens with zero attached hydrogens (tertiary/aromatic N) is 2. The molecule has 30 heavy (non-hydrogen) atoms. The van der Waals surface area contributed by atoms with Gasteiger partial charge in [0.2, 0.25) is 0 Å². The Morgan fingerprint density at radius 1 is 1.10 bits per heavy atom. The minimum Gasteiger partial charge on any atom is -0.510 e. The van der Waals surface area contributed by atoms with Crippen LogP contribution in [0.1, 0.15) is 21.7 Å². The summed E-state index contributed by atoms with van der Waals surface area (Å²) in [5.74, 6) is -0.161. The molecular formula is C22H18F3N3OS. The van der Waals surface area contributed by atoms with Gasteiger partial charge in [-0.2, -0.15) is 13.2 Å². The van der Waals surface area contributed by atoms with Gasteiger partial charge in [-0.25, -0.2) is 4.98 Å². The Morgan fingerprint density at radius 3 is 2.57 bits per heavy atom. The molecule has 154 valence electrons. The zero-order valence-electron chi connectivity index (χ0n) is 16.2. The predicted octanol–water partition coefficient (Wildman–Crippen LogP) is 6.21. The fraction of sp³-hybridized carbons (Fsp3) is 0.182. The second kappa shape index (κ2) is 7.28. The first-order chi connectivity index (χ1) is 14.1. The summed E-state index contributed by atoms with van der Waals surface area (Å²) in [6, 6.07) is 10.7. The number of amidine groups is 1. The predicted molar refractivity (Wildman–Crippen MR) is 113 cm³/mol. The summed E-state index contributed by atoms with van der Waals surface area (Å²) in [6.07, 6.45) is -4.48. The van der Waals surface area contributed by atoms with Crippen molar-refractivity contribution >= 4 is 28.4 Å². The number of aliphatic hydroxyl groups is 1. The van der Waals surface area contributed by atoms with Gasteiger partial charge in [-0.1, -0.05) is 18.2 Å². The summed E-state index contributed by atoms with van der Waals surface area (Å²) in [5.41, 5.74) is 3.60. The molecule has 0 fully saturated rings. The Labute approximate surface area is 175 Å². The number of anilines is 1. The SMILES string of the molecule is Cc1ccc(-c2csc(C3=C(O)CN(c4cccc(C(F)(F)F)c4)C3=N)n2)cc1C. The van der Waals surface area contributed by atoms with Gasteiger partial charge >= 0.3 is 6.18 Å². The summed E-state index contributed by atoms with van der Waals surface area (Å²) in [6.45, 7) is 3.96. The fourth-order valence-electron chi connectivity index (χ4n) is 3.30. The van der Waals surface area contributed by atoms with E-state index in [1.807, 2.05) is 37.4 Å². The third-order valence-electron chi connectivity index (χ3n) is 5.11. The number of halogens is 3. The van der Waals surface area contributed by atoms with Crippen LogP contribution in [0.5, 0.6) is 0 Å². The quantitative estimate of drug-likeness (QED) is 0.520. The van der Waals surface area contributed by atoms with Gasteiger partial charge in [0, 0.05) is 16.6 Å². The van der Waals surface area contributed by atoms with Crippen molar-refractivity contribution in [2.24, 2.45) is 0 Å². The molecule has 1 aliphatic rings. The Balaban J connectivity index is 1.64. The van der Waals surface area contributed by atoms with Crippen molar-refractivity contribution in [1.82, 2.24) is 4.98 Å². The number of hydrogen-bond acceptors (Lipinski definition) is 4. The first-order valence-corrected chi connectivity index (χ1v) is 10.0. The molecule has 3 aromatic rings. The molecule has 0 saturated carbocycles. The lowest BCUT2D eigenvalue weighted by molar-refractivity contribution is -0.137. The minimum atomic E-state index is -4.48. The molecule has 1 aromatic heterocycles. The molecule has 0 saturated heterocycles. The minimum absolute atomic E-state index is 0.0754. The first kappa shape index (κ1) is 20.2. The molecule has 0 bridgehead atoms. The third-order valence-corrected chi connectivity index (χ3v) is 5.97. The van der Waals surface area contributed by atoms with Crippen LogP contribution in [0.4, 0.5) is 18.9 Å². The van der Waals surface area contributed by atoms with Crippen LogP contribution < -0.4 is 4.90 Å². The smallest absolute Gasteiger partial charge is 0.416 e. The summed E-state index contributed by atoms with van der Waals surface area (Å²) < 4.78 is 39.1. The van der Waals surface area contributed by atoms with Gasteiger partial charge in [0.1, 0.15) is 16.6 Å². The maximum atomic E-state index is 13.0. The van der Waals surface area contributed by atoms with Crippen LogP contribution in [-0.4, -0.2) is 22.5 Å². The monoisotopic (exact) mass is 429 g/mol. The molecule has 2 aromatic carbocycles. The summed E-state index contributed by atoms with van der Waals surface area (Å²) in [4.78, 5) is 5.92. The molecule has 0 atom stereocenters. The van der Waals surface area contributed by atoms with Gasteiger partial charge in [-0.05, 0) is 49.2 Å². The Hall–Kier alpha value is -3.13. The van der Waals surface area contributed by atoms with Crippen molar-refractivity contribution < 1.29 is 18.3 Å². The maximum Gasteiger partial charge on any atom is 0.416 e. The topological polar surface area (TPSA) is 60.2 Å². The number of aliphatic hydroxyl groups excluding tert-OH is 1. The highest BCUT2D eigenvalue weighted by Gasteiger charge is 2.34. The summed E-state index contributed by atoms with van der Waals surface area (Å²) in [5, 5.41) is 21.2. The summed E-state index contributed by atoms with van der Waals surface area (Å²) in [7, 11) is 0. The molecule has 0 aliphatic carbocycles. The van der Waals surface area contributed by atoms with Crippen LogP contribution >= 0.6 is 11.3 Å². The van der Waals surface area contributed by atoms with Crippen LogP contribution in [0.15, 0.2) is 53.6 Å². The van der Waals surface area contributed by atoms with Crippen molar-refractivity contribution in [3.8, 4) is 11.3 Å². The number of aromatic nitrogens is 1. The molecule has 4 nitrogen and oxygen atoms in total. The number of benzene rings is 2. The van der Waals surface area contributed by atoms with Crippen LogP contribution in [0.25, 0.3) is 16.8 Å². The third kappa shape index (κ3) is 3.59. The standard InChI is InChI=1S/C22H18F3N3OS/c1-12-6-7-14(8-13(12)2)17-11-30-21(27-17)19-18(29)10-28(20(19)26)16-5-3-4-15(9-16)22(23,24)25/h3-9,11,26,29H,10H2,1-2H3. The average molecular weight is 429 g/mol. The molecular weight excluding hydrogens is 411 g/mol. The van der Waals surface area contributed by atoms with E-state index in [-0.39, 0.29) is 29.4 Å². The van der Waals surface area contributed by atoms with Crippen LogP contribution in [0.2, 0.25) is 0 Å². The Kier molecular flexibility index (Phi) is 4.89. The van der Waals surface area contributed by atoms with Gasteiger partial charge in [0.05, 0.1) is 23.4 Å². The molecule has 0 radical (unpaired) electrons. The van der Waals surface area contributed by atoms with Crippen molar-refractivity contribution in [2.45, 2.75) is 20.0 Å². The van der Waals surface area contributed by atoms with Crippen LogP contribution in [0, 0.1) is 19.3 Å². The summed E-state index contributed by atoms with van der Waals surface area (Å²) >= 11 is 1.29. The van der Waals surface area contributed by atoms with Crippen LogP contribution in [0.3, 0.4) is 0 Å². The number of hydrogen-bond donors (Lipinski definition) is 2. The zero-order chi connectivity index (χ0) is 21.6. The largest absolute Gasteiger partial charge is 0.510 e. The van der Waals surface area contributed by atoms with E-state index in [2.05, 4.69) is 4.98 Å². The van der Waals surface area contributed by atoms with Gasteiger partial charge in [0.25, 0.3) is 0 Å². The average Bonchev–Trinajstić information content (AvgIpc) is 3.28. The van der Waals surface area contributed by atoms with Crippen molar-refractivity contribution in [3.05, 3.63) is 75.3 Å². The van der Waals surface area contributed by atoms with E-state index in [0.717, 1.165) is 29.0 Å². The van der Waals surface area contributed by atoms with E-state index in [4.69, 9.17) is 5.41 Å². The van der Waals surface area contributed by atoms with Gasteiger partial charge in [-0.3, -0.25) is 5.41 Å². The number of rotatable bonds is 3. The normalized spacial score (nSPS) is 14.7. The van der Waals surface area contributed by atoms with Crippen LogP contribution in [-0.2, 0) is 6.18 Å². The maximum absolute atomic E-state index is 13.0. The molecule has 0 spiro atoms. The second-order valence-corrected chi connectivity index (χ2v) is 8.00. The van der Waals surface area contributed by atoms with Gasteiger partial charge < -0.3 is 10.0 Å². The lowest BCUT2D eigenvalue weighted by atomic mass is 10.1. The van der Waals surface area contributed by atoms with Crippen molar-refractivity contribution in [1.29, 1.82) is 5.41 Å². The fourth-order valence-corrected chi connectivity index (χ4v) is 4.19. The lowest BCUT2D eigenvalue weighted by Gasteiger charge is -2.20. The lowest BCUT2D eigenvalue weighted by Crippen LogP contribution is -2.26. The van der Waals surface area contributed by atoms with E-state index in [9.17, 15) is 18.3 Å². The van der Waals surface area contributed by atoms with E-state index >= 15 is 0 Å². The van der Waals surface area contributed by atoms with E-state index in [0.29, 0.717) is 5.01 Å². The first-order valence-electron chi connectivity index (χ1n) is 9.14. The zero-order valence-corrected chi connectivity index (χ0v) is 17.0. The van der Waals surface area contributed by atoms with E-state index in [1.165, 1.54) is 33.9 Å². The molecule has 0 unspecified atom stereocenters. The number of alkyl halides is 3. The van der Waals surface area contributed by atoms with E-state index in [1.54, 1.807) is 0 Å². The highest BCUT2D eigenvalue weighted by molar-refractivity contribution is 7.11. The number of nitrogens with one attached hydrogen (secondary N) is 1. The van der Waals surface area contributed by atoms with Gasteiger partial charge in [-0.15, -0.1) is 11.3 Å². The van der Waals surface area contributed by atoms with Gasteiger partial charge in [0.15, 0.2) is 0 Å². The Bertz CT molecular complexity index is 1180. The molecule has 8 heteroatoms. The Morgan fingerprint density at radius 2 is 1.87 bits per heavy atom. The van der Waals surface area contributed by atoms with Crippen molar-refractivity contribution in [3.63, 3.8) is 0 Å². The molecule has 1 aliphatic heterocycles. The molecule has 4 rings (SSSR count). The van der Waals surface area contributed by atoms with Crippen molar-refractivity contribution in [2.75, 3.05) is 11.4 Å². The van der Waals surface area contributed by atoms with E-state index < -0.39 is 11.7 Å². The number of thiazole rings is 1. The molecule has 0 amide bonds. The highest BCUT2D eigenvalue weighted by atomic mass is 32.1. The highest BCUT2D eigenvalue weighted by Crippen LogP contribution is 2.37. The second-order valence-electron chi connectivity index (χ2n) is 7.14. The molecule has 2 heterocycles. The molecule has 2 N–H and O–H groups in total. The number of aryl methyl sites for hydroxylation is 2.